The number of anilines is 2. The molecule has 0 spiro atoms. The summed E-state index contributed by atoms with van der Waals surface area (Å²) in [6.45, 7) is 6.10. The second kappa shape index (κ2) is 7.79. The first-order valence-electron chi connectivity index (χ1n) is 9.77. The number of phenolic OH excluding ortho intramolecular Hbond substituents is 1. The van der Waals surface area contributed by atoms with Gasteiger partial charge in [0.1, 0.15) is 5.82 Å². The van der Waals surface area contributed by atoms with Crippen molar-refractivity contribution in [1.82, 2.24) is 19.9 Å². The quantitative estimate of drug-likeness (QED) is 0.623. The Labute approximate surface area is 168 Å². The van der Waals surface area contributed by atoms with E-state index in [2.05, 4.69) is 25.2 Å². The normalized spacial score (nSPS) is 15.7. The number of halogens is 1. The van der Waals surface area contributed by atoms with Gasteiger partial charge in [-0.25, -0.2) is 9.37 Å². The first-order chi connectivity index (χ1) is 13.9. The molecule has 29 heavy (non-hydrogen) atoms. The lowest BCUT2D eigenvalue weighted by atomic mass is 10.0. The van der Waals surface area contributed by atoms with Crippen LogP contribution in [-0.4, -0.2) is 44.1 Å². The van der Waals surface area contributed by atoms with Crippen LogP contribution in [0.1, 0.15) is 29.7 Å². The maximum absolute atomic E-state index is 13.5. The molecule has 3 aromatic rings. The Balaban J connectivity index is 1.41. The summed E-state index contributed by atoms with van der Waals surface area (Å²) in [5.74, 6) is 0.0882. The highest BCUT2D eigenvalue weighted by Gasteiger charge is 2.22. The minimum atomic E-state index is -0.579. The van der Waals surface area contributed by atoms with E-state index in [1.54, 1.807) is 12.1 Å². The molecule has 1 fully saturated rings. The van der Waals surface area contributed by atoms with E-state index in [4.69, 9.17) is 5.73 Å². The van der Waals surface area contributed by atoms with Crippen molar-refractivity contribution in [2.75, 3.05) is 24.1 Å². The van der Waals surface area contributed by atoms with Crippen molar-refractivity contribution >= 4 is 22.8 Å². The first kappa shape index (κ1) is 19.3. The second-order valence-corrected chi connectivity index (χ2v) is 7.65. The monoisotopic (exact) mass is 396 g/mol. The van der Waals surface area contributed by atoms with E-state index < -0.39 is 5.82 Å². The van der Waals surface area contributed by atoms with Gasteiger partial charge in [-0.05, 0) is 44.4 Å². The number of hydrogen-bond acceptors (Lipinski definition) is 7. The lowest BCUT2D eigenvalue weighted by Crippen LogP contribution is -2.39. The molecule has 0 atom stereocenters. The van der Waals surface area contributed by atoms with Crippen LogP contribution in [0, 0.1) is 19.7 Å². The van der Waals surface area contributed by atoms with Crippen molar-refractivity contribution in [2.24, 2.45) is 0 Å². The molecule has 152 valence electrons. The number of para-hydroxylation sites is 1. The number of nitrogen functional groups attached to an aromatic ring is 1. The van der Waals surface area contributed by atoms with E-state index in [1.165, 1.54) is 6.07 Å². The summed E-state index contributed by atoms with van der Waals surface area (Å²) in [5, 5.41) is 14.1. The molecule has 0 aliphatic carbocycles. The van der Waals surface area contributed by atoms with Crippen molar-refractivity contribution in [1.29, 1.82) is 0 Å². The van der Waals surface area contributed by atoms with Gasteiger partial charge in [0.15, 0.2) is 17.2 Å². The molecule has 4 N–H and O–H groups in total. The van der Waals surface area contributed by atoms with Gasteiger partial charge in [-0.3, -0.25) is 4.90 Å². The van der Waals surface area contributed by atoms with E-state index in [-0.39, 0.29) is 11.8 Å². The van der Waals surface area contributed by atoms with Gasteiger partial charge in [-0.15, -0.1) is 0 Å². The molecular formula is C21H25FN6O. The van der Waals surface area contributed by atoms with Crippen LogP contribution in [-0.2, 0) is 6.54 Å². The summed E-state index contributed by atoms with van der Waals surface area (Å²) >= 11 is 0. The average molecular weight is 396 g/mol. The molecule has 0 saturated carbocycles. The third-order valence-electron chi connectivity index (χ3n) is 5.40. The summed E-state index contributed by atoms with van der Waals surface area (Å²) in [6.07, 6.45) is 1.77. The summed E-state index contributed by atoms with van der Waals surface area (Å²) in [6, 6.07) is 6.84. The van der Waals surface area contributed by atoms with Gasteiger partial charge in [0, 0.05) is 36.9 Å². The van der Waals surface area contributed by atoms with Crippen molar-refractivity contribution < 1.29 is 9.50 Å². The van der Waals surface area contributed by atoms with E-state index in [0.717, 1.165) is 42.6 Å². The third-order valence-corrected chi connectivity index (χ3v) is 5.40. The van der Waals surface area contributed by atoms with E-state index in [0.29, 0.717) is 29.5 Å². The number of pyridine rings is 1. The maximum Gasteiger partial charge on any atom is 0.226 e. The number of aryl methyl sites for hydroxylation is 2. The van der Waals surface area contributed by atoms with Gasteiger partial charge in [0.25, 0.3) is 0 Å². The smallest absolute Gasteiger partial charge is 0.226 e. The van der Waals surface area contributed by atoms with Crippen LogP contribution in [0.4, 0.5) is 16.2 Å². The summed E-state index contributed by atoms with van der Waals surface area (Å²) < 4.78 is 13.5. The largest absolute Gasteiger partial charge is 0.505 e. The number of hydrogen-bond donors (Lipinski definition) is 3. The highest BCUT2D eigenvalue weighted by Crippen LogP contribution is 2.26. The number of piperidine rings is 1. The fourth-order valence-corrected chi connectivity index (χ4v) is 3.92. The van der Waals surface area contributed by atoms with Crippen molar-refractivity contribution in [3.05, 3.63) is 46.9 Å². The first-order valence-corrected chi connectivity index (χ1v) is 9.77. The Bertz CT molecular complexity index is 1050. The van der Waals surface area contributed by atoms with Crippen LogP contribution in [0.5, 0.6) is 5.75 Å². The maximum atomic E-state index is 13.5. The zero-order chi connectivity index (χ0) is 20.5. The van der Waals surface area contributed by atoms with Gasteiger partial charge in [0.05, 0.1) is 5.39 Å². The number of aromatic nitrogens is 3. The Hall–Kier alpha value is -3.00. The van der Waals surface area contributed by atoms with E-state index in [9.17, 15) is 9.50 Å². The molecule has 7 nitrogen and oxygen atoms in total. The van der Waals surface area contributed by atoms with Gasteiger partial charge >= 0.3 is 0 Å². The molecule has 0 radical (unpaired) electrons. The molecule has 0 unspecified atom stereocenters. The number of rotatable bonds is 4. The molecular weight excluding hydrogens is 371 g/mol. The number of phenols is 1. The average Bonchev–Trinajstić information content (AvgIpc) is 2.66. The van der Waals surface area contributed by atoms with Crippen molar-refractivity contribution in [3.63, 3.8) is 0 Å². The zero-order valence-electron chi connectivity index (χ0n) is 16.6. The van der Waals surface area contributed by atoms with Gasteiger partial charge in [-0.1, -0.05) is 12.1 Å². The molecule has 1 aliphatic rings. The lowest BCUT2D eigenvalue weighted by Gasteiger charge is -2.32. The van der Waals surface area contributed by atoms with Crippen molar-refractivity contribution in [3.8, 4) is 5.75 Å². The number of likely N-dealkylation sites (tertiary alicyclic amines) is 1. The number of aromatic hydroxyl groups is 1. The molecule has 1 aliphatic heterocycles. The topological polar surface area (TPSA) is 100 Å². The van der Waals surface area contributed by atoms with Crippen LogP contribution in [0.25, 0.3) is 11.0 Å². The molecule has 2 aromatic heterocycles. The van der Waals surface area contributed by atoms with Crippen LogP contribution in [0.3, 0.4) is 0 Å². The Morgan fingerprint density at radius 1 is 1.21 bits per heavy atom. The van der Waals surface area contributed by atoms with E-state index >= 15 is 0 Å². The van der Waals surface area contributed by atoms with E-state index in [1.807, 2.05) is 19.9 Å². The van der Waals surface area contributed by atoms with Crippen molar-refractivity contribution in [2.45, 2.75) is 39.3 Å². The molecule has 3 heterocycles. The molecule has 0 bridgehead atoms. The standard InChI is InChI=1S/C21H25FN6O/c1-12-10-13(2)24-20-17(12)19(23)26-21(27-20)25-15-6-8-28(9-7-15)11-14-4-3-5-16(22)18(14)29/h3-5,10,15,29H,6-9,11H2,1-2H3,(H3,23,24,25,26,27). The predicted octanol–water partition coefficient (Wildman–Crippen LogP) is 3.15. The molecule has 8 heteroatoms. The predicted molar refractivity (Wildman–Crippen MR) is 111 cm³/mol. The molecule has 1 aromatic carbocycles. The Morgan fingerprint density at radius 2 is 1.97 bits per heavy atom. The lowest BCUT2D eigenvalue weighted by molar-refractivity contribution is 0.208. The summed E-state index contributed by atoms with van der Waals surface area (Å²) in [5.41, 5.74) is 9.29. The van der Waals surface area contributed by atoms with Gasteiger partial charge in [-0.2, -0.15) is 9.97 Å². The van der Waals surface area contributed by atoms with Crippen LogP contribution >= 0.6 is 0 Å². The number of fused-ring (bicyclic) bond motifs is 1. The molecule has 0 amide bonds. The van der Waals surface area contributed by atoms with Crippen LogP contribution in [0.2, 0.25) is 0 Å². The highest BCUT2D eigenvalue weighted by molar-refractivity contribution is 5.89. The van der Waals surface area contributed by atoms with Gasteiger partial charge < -0.3 is 16.2 Å². The third kappa shape index (κ3) is 4.07. The number of benzene rings is 1. The van der Waals surface area contributed by atoms with Crippen LogP contribution < -0.4 is 11.1 Å². The zero-order valence-corrected chi connectivity index (χ0v) is 16.6. The second-order valence-electron chi connectivity index (χ2n) is 7.65. The Morgan fingerprint density at radius 3 is 2.72 bits per heavy atom. The SMILES string of the molecule is Cc1cc(C)c2c(N)nc(NC3CCN(Cc4cccc(F)c4O)CC3)nc2n1. The number of nitrogens with two attached hydrogens (primary N) is 1. The molecule has 1 saturated heterocycles. The minimum absolute atomic E-state index is 0.218. The fourth-order valence-electron chi connectivity index (χ4n) is 3.92. The Kier molecular flexibility index (Phi) is 5.19. The fraction of sp³-hybridized carbons (Fsp3) is 0.381. The highest BCUT2D eigenvalue weighted by atomic mass is 19.1. The van der Waals surface area contributed by atoms with Gasteiger partial charge in [0.2, 0.25) is 5.95 Å². The van der Waals surface area contributed by atoms with Crippen LogP contribution in [0.15, 0.2) is 24.3 Å². The summed E-state index contributed by atoms with van der Waals surface area (Å²) in [7, 11) is 0. The number of nitrogens with one attached hydrogen (secondary N) is 1. The minimum Gasteiger partial charge on any atom is -0.505 e. The number of nitrogens with zero attached hydrogens (tertiary/aromatic N) is 4. The summed E-state index contributed by atoms with van der Waals surface area (Å²) in [4.78, 5) is 15.7. The molecule has 4 rings (SSSR count).